The number of nitrogens with zero attached hydrogens (tertiary/aromatic N) is 1. The summed E-state index contributed by atoms with van der Waals surface area (Å²) in [5.74, 6) is 0.920. The summed E-state index contributed by atoms with van der Waals surface area (Å²) < 4.78 is 10.9. The van der Waals surface area contributed by atoms with E-state index < -0.39 is 0 Å². The van der Waals surface area contributed by atoms with Crippen LogP contribution in [0.15, 0.2) is 52.4 Å². The zero-order valence-electron chi connectivity index (χ0n) is 16.3. The van der Waals surface area contributed by atoms with Gasteiger partial charge in [-0.05, 0) is 66.7 Å². The standard InChI is InChI=1S/C21H21N3O4S/c1-4-28-17-10-5-14(11-18(17)27-3)12-19-20(26)24-21(29-19)23-16-8-6-15(7-9-16)22-13(2)25/h5-12H,4H2,1-3H3,(H,22,25)(H,23,24,26)/b19-12-. The molecule has 0 aromatic heterocycles. The maximum absolute atomic E-state index is 12.3. The van der Waals surface area contributed by atoms with Gasteiger partial charge in [-0.15, -0.1) is 0 Å². The zero-order valence-corrected chi connectivity index (χ0v) is 17.1. The molecule has 150 valence electrons. The second kappa shape index (κ2) is 9.29. The molecular weight excluding hydrogens is 390 g/mol. The molecule has 7 nitrogen and oxygen atoms in total. The van der Waals surface area contributed by atoms with Gasteiger partial charge in [0.1, 0.15) is 0 Å². The predicted octanol–water partition coefficient (Wildman–Crippen LogP) is 3.94. The van der Waals surface area contributed by atoms with Gasteiger partial charge in [0.25, 0.3) is 5.91 Å². The van der Waals surface area contributed by atoms with Crippen LogP contribution in [-0.4, -0.2) is 30.7 Å². The fourth-order valence-electron chi connectivity index (χ4n) is 2.62. The lowest BCUT2D eigenvalue weighted by Crippen LogP contribution is -2.19. The zero-order chi connectivity index (χ0) is 20.8. The van der Waals surface area contributed by atoms with Gasteiger partial charge in [-0.1, -0.05) is 6.07 Å². The van der Waals surface area contributed by atoms with Crippen LogP contribution in [0.25, 0.3) is 6.08 Å². The molecule has 0 aliphatic carbocycles. The summed E-state index contributed by atoms with van der Waals surface area (Å²) in [4.78, 5) is 28.3. The summed E-state index contributed by atoms with van der Waals surface area (Å²) in [6.45, 7) is 3.90. The van der Waals surface area contributed by atoms with E-state index in [1.54, 1.807) is 37.5 Å². The Morgan fingerprint density at radius 2 is 1.97 bits per heavy atom. The molecule has 0 saturated carbocycles. The maximum atomic E-state index is 12.3. The summed E-state index contributed by atoms with van der Waals surface area (Å²) in [5, 5.41) is 5.95. The average molecular weight is 411 g/mol. The number of anilines is 1. The molecule has 0 atom stereocenters. The molecule has 1 saturated heterocycles. The molecule has 1 heterocycles. The van der Waals surface area contributed by atoms with Crippen molar-refractivity contribution in [2.24, 2.45) is 4.99 Å². The molecule has 2 aromatic carbocycles. The second-order valence-electron chi connectivity index (χ2n) is 6.05. The van der Waals surface area contributed by atoms with E-state index in [0.717, 1.165) is 5.56 Å². The number of carbonyl (C=O) groups is 2. The van der Waals surface area contributed by atoms with Gasteiger partial charge in [0.05, 0.1) is 24.3 Å². The van der Waals surface area contributed by atoms with E-state index in [4.69, 9.17) is 9.47 Å². The van der Waals surface area contributed by atoms with Gasteiger partial charge in [-0.3, -0.25) is 9.59 Å². The molecule has 0 unspecified atom stereocenters. The Labute approximate surface area is 173 Å². The highest BCUT2D eigenvalue weighted by Gasteiger charge is 2.24. The molecule has 29 heavy (non-hydrogen) atoms. The molecule has 1 fully saturated rings. The lowest BCUT2D eigenvalue weighted by atomic mass is 10.2. The summed E-state index contributed by atoms with van der Waals surface area (Å²) in [7, 11) is 1.58. The number of benzene rings is 2. The highest BCUT2D eigenvalue weighted by molar-refractivity contribution is 8.18. The van der Waals surface area contributed by atoms with Crippen molar-refractivity contribution in [1.82, 2.24) is 5.32 Å². The fraction of sp³-hybridized carbons (Fsp3) is 0.190. The third kappa shape index (κ3) is 5.39. The van der Waals surface area contributed by atoms with E-state index in [1.165, 1.54) is 18.7 Å². The Kier molecular flexibility index (Phi) is 6.56. The normalized spacial score (nSPS) is 16.0. The first-order valence-electron chi connectivity index (χ1n) is 8.96. The van der Waals surface area contributed by atoms with Crippen molar-refractivity contribution in [3.63, 3.8) is 0 Å². The topological polar surface area (TPSA) is 89.0 Å². The molecule has 1 aliphatic heterocycles. The second-order valence-corrected chi connectivity index (χ2v) is 7.08. The van der Waals surface area contributed by atoms with E-state index in [0.29, 0.717) is 39.6 Å². The third-order valence-electron chi connectivity index (χ3n) is 3.85. The Hall–Kier alpha value is -3.26. The number of amidine groups is 1. The molecule has 2 aromatic rings. The Balaban J connectivity index is 1.76. The van der Waals surface area contributed by atoms with Crippen molar-refractivity contribution in [3.8, 4) is 11.5 Å². The minimum atomic E-state index is -0.212. The molecule has 1 aliphatic rings. The van der Waals surface area contributed by atoms with Crippen LogP contribution in [0.5, 0.6) is 11.5 Å². The minimum Gasteiger partial charge on any atom is -0.493 e. The number of hydrogen-bond donors (Lipinski definition) is 2. The average Bonchev–Trinajstić information content (AvgIpc) is 3.03. The summed E-state index contributed by atoms with van der Waals surface area (Å²) in [6.07, 6.45) is 1.78. The largest absolute Gasteiger partial charge is 0.493 e. The van der Waals surface area contributed by atoms with Crippen molar-refractivity contribution in [2.75, 3.05) is 19.0 Å². The molecule has 0 spiro atoms. The smallest absolute Gasteiger partial charge is 0.264 e. The predicted molar refractivity (Wildman–Crippen MR) is 116 cm³/mol. The highest BCUT2D eigenvalue weighted by Crippen LogP contribution is 2.32. The third-order valence-corrected chi connectivity index (χ3v) is 4.76. The monoisotopic (exact) mass is 411 g/mol. The number of thioether (sulfide) groups is 1. The van der Waals surface area contributed by atoms with E-state index in [1.807, 2.05) is 25.1 Å². The fourth-order valence-corrected chi connectivity index (χ4v) is 3.46. The van der Waals surface area contributed by atoms with Crippen LogP contribution < -0.4 is 20.1 Å². The van der Waals surface area contributed by atoms with E-state index in [-0.39, 0.29) is 11.8 Å². The Bertz CT molecular complexity index is 984. The van der Waals surface area contributed by atoms with Crippen molar-refractivity contribution < 1.29 is 19.1 Å². The molecule has 3 rings (SSSR count). The number of hydrogen-bond acceptors (Lipinski definition) is 6. The lowest BCUT2D eigenvalue weighted by molar-refractivity contribution is -0.115. The number of aliphatic imine (C=N–C) groups is 1. The van der Waals surface area contributed by atoms with Gasteiger partial charge >= 0.3 is 0 Å². The first-order chi connectivity index (χ1) is 14.0. The summed E-state index contributed by atoms with van der Waals surface area (Å²) in [5.41, 5.74) is 2.18. The van der Waals surface area contributed by atoms with Crippen molar-refractivity contribution in [1.29, 1.82) is 0 Å². The van der Waals surface area contributed by atoms with E-state index in [9.17, 15) is 9.59 Å². The van der Waals surface area contributed by atoms with E-state index >= 15 is 0 Å². The van der Waals surface area contributed by atoms with Crippen molar-refractivity contribution in [2.45, 2.75) is 13.8 Å². The van der Waals surface area contributed by atoms with Crippen LogP contribution in [0, 0.1) is 0 Å². The van der Waals surface area contributed by atoms with Crippen LogP contribution in [0.2, 0.25) is 0 Å². The Morgan fingerprint density at radius 1 is 1.21 bits per heavy atom. The summed E-state index contributed by atoms with van der Waals surface area (Å²) in [6, 6.07) is 12.5. The van der Waals surface area contributed by atoms with Gasteiger partial charge in [0, 0.05) is 12.6 Å². The molecule has 0 radical (unpaired) electrons. The van der Waals surface area contributed by atoms with Crippen LogP contribution in [0.4, 0.5) is 11.4 Å². The number of methoxy groups -OCH3 is 1. The van der Waals surface area contributed by atoms with Gasteiger partial charge in [0.15, 0.2) is 16.7 Å². The first-order valence-corrected chi connectivity index (χ1v) is 9.78. The Morgan fingerprint density at radius 3 is 2.62 bits per heavy atom. The number of rotatable bonds is 6. The van der Waals surface area contributed by atoms with Gasteiger partial charge < -0.3 is 20.1 Å². The minimum absolute atomic E-state index is 0.136. The summed E-state index contributed by atoms with van der Waals surface area (Å²) >= 11 is 1.26. The van der Waals surface area contributed by atoms with Gasteiger partial charge in [-0.2, -0.15) is 0 Å². The highest BCUT2D eigenvalue weighted by atomic mass is 32.2. The van der Waals surface area contributed by atoms with Crippen LogP contribution in [0.1, 0.15) is 19.4 Å². The maximum Gasteiger partial charge on any atom is 0.264 e. The number of nitrogens with one attached hydrogen (secondary N) is 2. The van der Waals surface area contributed by atoms with Crippen LogP contribution in [-0.2, 0) is 9.59 Å². The van der Waals surface area contributed by atoms with E-state index in [2.05, 4.69) is 15.6 Å². The molecule has 0 bridgehead atoms. The number of ether oxygens (including phenoxy) is 2. The molecule has 2 amide bonds. The molecule has 2 N–H and O–H groups in total. The van der Waals surface area contributed by atoms with Gasteiger partial charge in [-0.25, -0.2) is 4.99 Å². The number of carbonyl (C=O) groups excluding carboxylic acids is 2. The first kappa shape index (κ1) is 20.5. The molecular formula is C21H21N3O4S. The quantitative estimate of drug-likeness (QED) is 0.703. The van der Waals surface area contributed by atoms with Crippen molar-refractivity contribution >= 4 is 46.2 Å². The van der Waals surface area contributed by atoms with Crippen molar-refractivity contribution in [3.05, 3.63) is 52.9 Å². The number of amides is 2. The van der Waals surface area contributed by atoms with Gasteiger partial charge in [0.2, 0.25) is 5.91 Å². The molecule has 8 heteroatoms. The van der Waals surface area contributed by atoms with Crippen LogP contribution >= 0.6 is 11.8 Å². The lowest BCUT2D eigenvalue weighted by Gasteiger charge is -2.09. The SMILES string of the molecule is CCOc1ccc(/C=C2\SC(=Nc3ccc(NC(C)=O)cc3)NC2=O)cc1OC. The van der Waals surface area contributed by atoms with Crippen LogP contribution in [0.3, 0.4) is 0 Å².